The molecule has 6 heteroatoms. The molecule has 20 heavy (non-hydrogen) atoms. The van der Waals surface area contributed by atoms with Gasteiger partial charge in [0.05, 0.1) is 6.26 Å². The summed E-state index contributed by atoms with van der Waals surface area (Å²) in [5.74, 6) is 0.0869. The predicted molar refractivity (Wildman–Crippen MR) is 74.2 cm³/mol. The van der Waals surface area contributed by atoms with E-state index in [1.54, 1.807) is 12.1 Å². The zero-order valence-corrected chi connectivity index (χ0v) is 11.7. The van der Waals surface area contributed by atoms with Crippen LogP contribution in [0.3, 0.4) is 0 Å². The maximum absolute atomic E-state index is 11.5. The molecule has 1 aromatic heterocycles. The number of hydrogen-bond acceptors (Lipinski definition) is 4. The second-order valence-electron chi connectivity index (χ2n) is 4.76. The molecule has 0 saturated heterocycles. The van der Waals surface area contributed by atoms with Crippen molar-refractivity contribution in [1.29, 1.82) is 0 Å². The summed E-state index contributed by atoms with van der Waals surface area (Å²) < 4.78 is 4.93. The Hall–Kier alpha value is -1.82. The monoisotopic (exact) mass is 282 g/mol. The summed E-state index contributed by atoms with van der Waals surface area (Å²) in [7, 11) is 0. The summed E-state index contributed by atoms with van der Waals surface area (Å²) in [5, 5.41) is 14.2. The third kappa shape index (κ3) is 6.38. The summed E-state index contributed by atoms with van der Waals surface area (Å²) in [6.45, 7) is 3.01. The van der Waals surface area contributed by atoms with E-state index in [0.29, 0.717) is 6.54 Å². The minimum Gasteiger partial charge on any atom is -0.459 e. The van der Waals surface area contributed by atoms with Crippen molar-refractivity contribution in [2.75, 3.05) is 19.7 Å². The van der Waals surface area contributed by atoms with E-state index in [1.807, 2.05) is 6.92 Å². The Morgan fingerprint density at radius 2 is 2.15 bits per heavy atom. The van der Waals surface area contributed by atoms with Gasteiger partial charge in [-0.15, -0.1) is 0 Å². The summed E-state index contributed by atoms with van der Waals surface area (Å²) in [6.07, 6.45) is 3.38. The molecule has 2 amide bonds. The van der Waals surface area contributed by atoms with Gasteiger partial charge in [0.25, 0.3) is 5.91 Å². The standard InChI is InChI=1S/C14H22N2O4/c1-11(10-17)4-2-7-15-13(18)6-8-16-14(19)12-5-3-9-20-12/h3,5,9,11,17H,2,4,6-8,10H2,1H3,(H,15,18)(H,16,19). The third-order valence-electron chi connectivity index (χ3n) is 2.89. The highest BCUT2D eigenvalue weighted by atomic mass is 16.3. The Balaban J connectivity index is 2.04. The highest BCUT2D eigenvalue weighted by Crippen LogP contribution is 2.02. The molecule has 0 aliphatic carbocycles. The van der Waals surface area contributed by atoms with Crippen LogP contribution in [-0.4, -0.2) is 36.6 Å². The van der Waals surface area contributed by atoms with Crippen molar-refractivity contribution in [2.24, 2.45) is 5.92 Å². The number of aliphatic hydroxyl groups excluding tert-OH is 1. The first-order valence-corrected chi connectivity index (χ1v) is 6.82. The van der Waals surface area contributed by atoms with Crippen LogP contribution in [0.5, 0.6) is 0 Å². The van der Waals surface area contributed by atoms with Gasteiger partial charge < -0.3 is 20.2 Å². The number of hydrogen-bond donors (Lipinski definition) is 3. The molecule has 0 fully saturated rings. The Morgan fingerprint density at radius 1 is 1.35 bits per heavy atom. The van der Waals surface area contributed by atoms with Crippen LogP contribution in [0.4, 0.5) is 0 Å². The Morgan fingerprint density at radius 3 is 2.80 bits per heavy atom. The minimum atomic E-state index is -0.320. The normalized spacial score (nSPS) is 11.9. The van der Waals surface area contributed by atoms with E-state index in [0.717, 1.165) is 12.8 Å². The van der Waals surface area contributed by atoms with Gasteiger partial charge in [0.15, 0.2) is 5.76 Å². The summed E-state index contributed by atoms with van der Waals surface area (Å²) >= 11 is 0. The van der Waals surface area contributed by atoms with Gasteiger partial charge in [-0.25, -0.2) is 0 Å². The summed E-state index contributed by atoms with van der Waals surface area (Å²) in [6, 6.07) is 3.20. The van der Waals surface area contributed by atoms with Gasteiger partial charge in [0.2, 0.25) is 5.91 Å². The fourth-order valence-electron chi connectivity index (χ4n) is 1.64. The number of rotatable bonds is 9. The molecule has 1 atom stereocenters. The van der Waals surface area contributed by atoms with Gasteiger partial charge in [0, 0.05) is 26.1 Å². The molecule has 0 aliphatic rings. The molecule has 0 spiro atoms. The molecule has 0 aliphatic heterocycles. The topological polar surface area (TPSA) is 91.6 Å². The van der Waals surface area contributed by atoms with E-state index in [4.69, 9.17) is 9.52 Å². The average molecular weight is 282 g/mol. The van der Waals surface area contributed by atoms with E-state index in [-0.39, 0.29) is 43.1 Å². The molecule has 0 aromatic carbocycles. The lowest BCUT2D eigenvalue weighted by molar-refractivity contribution is -0.120. The van der Waals surface area contributed by atoms with Crippen molar-refractivity contribution in [3.63, 3.8) is 0 Å². The minimum absolute atomic E-state index is 0.0959. The molecule has 0 saturated carbocycles. The van der Waals surface area contributed by atoms with Crippen LogP contribution < -0.4 is 10.6 Å². The van der Waals surface area contributed by atoms with Crippen molar-refractivity contribution in [3.8, 4) is 0 Å². The predicted octanol–water partition coefficient (Wildman–Crippen LogP) is 0.924. The molecule has 1 heterocycles. The van der Waals surface area contributed by atoms with Gasteiger partial charge in [-0.1, -0.05) is 6.92 Å². The highest BCUT2D eigenvalue weighted by molar-refractivity contribution is 5.91. The van der Waals surface area contributed by atoms with Crippen LogP contribution in [0.25, 0.3) is 0 Å². The summed E-state index contributed by atoms with van der Waals surface area (Å²) in [5.41, 5.74) is 0. The lowest BCUT2D eigenvalue weighted by Crippen LogP contribution is -2.31. The van der Waals surface area contributed by atoms with Crippen molar-refractivity contribution < 1.29 is 19.1 Å². The number of furan rings is 1. The number of carbonyl (C=O) groups is 2. The number of carbonyl (C=O) groups excluding carboxylic acids is 2. The van der Waals surface area contributed by atoms with Crippen LogP contribution in [0.1, 0.15) is 36.7 Å². The van der Waals surface area contributed by atoms with Crippen LogP contribution in [0, 0.1) is 5.92 Å². The second kappa shape index (κ2) is 9.14. The van der Waals surface area contributed by atoms with Crippen LogP contribution in [0.2, 0.25) is 0 Å². The number of amides is 2. The van der Waals surface area contributed by atoms with Crippen molar-refractivity contribution in [3.05, 3.63) is 24.2 Å². The lowest BCUT2D eigenvalue weighted by Gasteiger charge is -2.08. The fraction of sp³-hybridized carbons (Fsp3) is 0.571. The van der Waals surface area contributed by atoms with E-state index >= 15 is 0 Å². The zero-order valence-electron chi connectivity index (χ0n) is 11.7. The Labute approximate surface area is 118 Å². The molecule has 0 radical (unpaired) electrons. The molecule has 0 bridgehead atoms. The van der Waals surface area contributed by atoms with Gasteiger partial charge in [-0.3, -0.25) is 9.59 Å². The van der Waals surface area contributed by atoms with E-state index in [2.05, 4.69) is 10.6 Å². The highest BCUT2D eigenvalue weighted by Gasteiger charge is 2.08. The smallest absolute Gasteiger partial charge is 0.286 e. The van der Waals surface area contributed by atoms with Crippen molar-refractivity contribution in [2.45, 2.75) is 26.2 Å². The van der Waals surface area contributed by atoms with Gasteiger partial charge in [0.1, 0.15) is 0 Å². The van der Waals surface area contributed by atoms with E-state index in [1.165, 1.54) is 6.26 Å². The first-order valence-electron chi connectivity index (χ1n) is 6.82. The first kappa shape index (κ1) is 16.2. The van der Waals surface area contributed by atoms with Gasteiger partial charge in [-0.2, -0.15) is 0 Å². The van der Waals surface area contributed by atoms with E-state index in [9.17, 15) is 9.59 Å². The van der Waals surface area contributed by atoms with Gasteiger partial charge >= 0.3 is 0 Å². The molecule has 3 N–H and O–H groups in total. The Bertz CT molecular complexity index is 403. The number of nitrogens with one attached hydrogen (secondary N) is 2. The average Bonchev–Trinajstić information content (AvgIpc) is 2.97. The van der Waals surface area contributed by atoms with Crippen LogP contribution >= 0.6 is 0 Å². The fourth-order valence-corrected chi connectivity index (χ4v) is 1.64. The van der Waals surface area contributed by atoms with Crippen molar-refractivity contribution >= 4 is 11.8 Å². The van der Waals surface area contributed by atoms with Crippen LogP contribution in [-0.2, 0) is 4.79 Å². The molecule has 1 rings (SSSR count). The van der Waals surface area contributed by atoms with Crippen molar-refractivity contribution in [1.82, 2.24) is 10.6 Å². The van der Waals surface area contributed by atoms with E-state index < -0.39 is 0 Å². The largest absolute Gasteiger partial charge is 0.459 e. The first-order chi connectivity index (χ1) is 9.63. The second-order valence-corrected chi connectivity index (χ2v) is 4.76. The molecule has 1 unspecified atom stereocenters. The third-order valence-corrected chi connectivity index (χ3v) is 2.89. The maximum atomic E-state index is 11.5. The molecular weight excluding hydrogens is 260 g/mol. The SMILES string of the molecule is CC(CO)CCCNC(=O)CCNC(=O)c1ccco1. The maximum Gasteiger partial charge on any atom is 0.286 e. The molecule has 1 aromatic rings. The zero-order chi connectivity index (χ0) is 14.8. The summed E-state index contributed by atoms with van der Waals surface area (Å²) in [4.78, 5) is 23.0. The lowest BCUT2D eigenvalue weighted by atomic mass is 10.1. The number of aliphatic hydroxyl groups is 1. The van der Waals surface area contributed by atoms with Gasteiger partial charge in [-0.05, 0) is 30.9 Å². The Kier molecular flexibility index (Phi) is 7.42. The molecule has 6 nitrogen and oxygen atoms in total. The van der Waals surface area contributed by atoms with Crippen LogP contribution in [0.15, 0.2) is 22.8 Å². The molecule has 112 valence electrons. The molecular formula is C14H22N2O4. The quantitative estimate of drug-likeness (QED) is 0.587.